The second kappa shape index (κ2) is 5.73. The average Bonchev–Trinajstić information content (AvgIpc) is 2.76. The molecular formula is C14H15FN2O2. The molecule has 0 saturated heterocycles. The molecule has 0 atom stereocenters. The van der Waals surface area contributed by atoms with Gasteiger partial charge in [0.2, 0.25) is 11.7 Å². The van der Waals surface area contributed by atoms with E-state index in [1.165, 1.54) is 6.07 Å². The second-order valence-corrected chi connectivity index (χ2v) is 4.80. The first kappa shape index (κ1) is 13.4. The maximum absolute atomic E-state index is 13.5. The van der Waals surface area contributed by atoms with Gasteiger partial charge in [0, 0.05) is 6.42 Å². The number of hydrogen-bond donors (Lipinski definition) is 0. The van der Waals surface area contributed by atoms with E-state index >= 15 is 0 Å². The van der Waals surface area contributed by atoms with Crippen LogP contribution in [0.5, 0.6) is 0 Å². The number of rotatable bonds is 5. The van der Waals surface area contributed by atoms with Gasteiger partial charge >= 0.3 is 0 Å². The zero-order valence-corrected chi connectivity index (χ0v) is 10.9. The molecule has 1 aromatic heterocycles. The summed E-state index contributed by atoms with van der Waals surface area (Å²) < 4.78 is 18.5. The van der Waals surface area contributed by atoms with Gasteiger partial charge in [-0.05, 0) is 18.1 Å². The number of hydrogen-bond acceptors (Lipinski definition) is 4. The van der Waals surface area contributed by atoms with Gasteiger partial charge in [-0.15, -0.1) is 0 Å². The Balaban J connectivity index is 2.12. The molecule has 0 N–H and O–H groups in total. The fourth-order valence-electron chi connectivity index (χ4n) is 1.77. The molecule has 0 fully saturated rings. The van der Waals surface area contributed by atoms with E-state index in [-0.39, 0.29) is 29.5 Å². The Bertz CT molecular complexity index is 578. The summed E-state index contributed by atoms with van der Waals surface area (Å²) >= 11 is 0. The van der Waals surface area contributed by atoms with Crippen LogP contribution >= 0.6 is 0 Å². The molecule has 1 heterocycles. The Morgan fingerprint density at radius 1 is 1.37 bits per heavy atom. The summed E-state index contributed by atoms with van der Waals surface area (Å²) in [6.45, 7) is 3.94. The van der Waals surface area contributed by atoms with Gasteiger partial charge in [-0.2, -0.15) is 4.98 Å². The van der Waals surface area contributed by atoms with Crippen LogP contribution in [0.2, 0.25) is 0 Å². The predicted molar refractivity (Wildman–Crippen MR) is 67.9 cm³/mol. The Kier molecular flexibility index (Phi) is 4.04. The molecule has 0 aliphatic rings. The van der Waals surface area contributed by atoms with Crippen LogP contribution in [-0.4, -0.2) is 15.9 Å². The van der Waals surface area contributed by atoms with Crippen molar-refractivity contribution in [3.8, 4) is 11.4 Å². The minimum absolute atomic E-state index is 0.0405. The predicted octanol–water partition coefficient (Wildman–Crippen LogP) is 3.03. The van der Waals surface area contributed by atoms with Crippen LogP contribution in [0.4, 0.5) is 4.39 Å². The van der Waals surface area contributed by atoms with Gasteiger partial charge in [-0.1, -0.05) is 31.1 Å². The Morgan fingerprint density at radius 2 is 2.11 bits per heavy atom. The van der Waals surface area contributed by atoms with Crippen molar-refractivity contribution >= 4 is 5.78 Å². The molecule has 2 rings (SSSR count). The van der Waals surface area contributed by atoms with E-state index in [4.69, 9.17) is 4.52 Å². The normalized spacial score (nSPS) is 10.9. The van der Waals surface area contributed by atoms with Gasteiger partial charge in [-0.25, -0.2) is 4.39 Å². The van der Waals surface area contributed by atoms with Crippen molar-refractivity contribution < 1.29 is 13.7 Å². The molecule has 0 unspecified atom stereocenters. The molecule has 4 nitrogen and oxygen atoms in total. The van der Waals surface area contributed by atoms with Crippen LogP contribution in [0.1, 0.15) is 26.2 Å². The lowest BCUT2D eigenvalue weighted by Crippen LogP contribution is -2.06. The summed E-state index contributed by atoms with van der Waals surface area (Å²) in [6.07, 6.45) is 0.567. The lowest BCUT2D eigenvalue weighted by Gasteiger charge is -2.00. The molecule has 0 aliphatic carbocycles. The zero-order chi connectivity index (χ0) is 13.8. The monoisotopic (exact) mass is 262 g/mol. The van der Waals surface area contributed by atoms with Gasteiger partial charge in [0.25, 0.3) is 0 Å². The first-order valence-corrected chi connectivity index (χ1v) is 6.15. The van der Waals surface area contributed by atoms with E-state index in [1.807, 2.05) is 13.8 Å². The third-order valence-corrected chi connectivity index (χ3v) is 2.57. The molecular weight excluding hydrogens is 247 g/mol. The molecule has 0 aliphatic heterocycles. The van der Waals surface area contributed by atoms with Crippen LogP contribution in [0, 0.1) is 11.7 Å². The van der Waals surface area contributed by atoms with E-state index in [2.05, 4.69) is 10.1 Å². The summed E-state index contributed by atoms with van der Waals surface area (Å²) in [4.78, 5) is 15.7. The highest BCUT2D eigenvalue weighted by atomic mass is 19.1. The Morgan fingerprint density at radius 3 is 2.79 bits per heavy atom. The lowest BCUT2D eigenvalue weighted by atomic mass is 10.1. The molecule has 0 radical (unpaired) electrons. The maximum Gasteiger partial charge on any atom is 0.234 e. The van der Waals surface area contributed by atoms with Crippen molar-refractivity contribution in [1.82, 2.24) is 10.1 Å². The van der Waals surface area contributed by atoms with E-state index in [0.717, 1.165) is 0 Å². The third kappa shape index (κ3) is 3.47. The molecule has 0 saturated carbocycles. The van der Waals surface area contributed by atoms with Crippen LogP contribution < -0.4 is 0 Å². The van der Waals surface area contributed by atoms with Crippen molar-refractivity contribution in [3.05, 3.63) is 36.0 Å². The minimum atomic E-state index is -0.414. The number of nitrogens with zero attached hydrogens (tertiary/aromatic N) is 2. The fourth-order valence-corrected chi connectivity index (χ4v) is 1.77. The molecule has 19 heavy (non-hydrogen) atoms. The number of carbonyl (C=O) groups is 1. The summed E-state index contributed by atoms with van der Waals surface area (Å²) in [5.74, 6) is 0.318. The number of carbonyl (C=O) groups excluding carboxylic acids is 1. The van der Waals surface area contributed by atoms with Gasteiger partial charge in [0.1, 0.15) is 11.6 Å². The molecule has 0 spiro atoms. The molecule has 1 aromatic carbocycles. The number of aromatic nitrogens is 2. The van der Waals surface area contributed by atoms with E-state index in [0.29, 0.717) is 12.3 Å². The van der Waals surface area contributed by atoms with E-state index < -0.39 is 5.82 Å². The summed E-state index contributed by atoms with van der Waals surface area (Å²) in [6, 6.07) is 6.18. The second-order valence-electron chi connectivity index (χ2n) is 4.80. The standard InChI is InChI=1S/C14H15FN2O2/c1-9(2)7-10(18)8-13-16-14(17-19-13)11-5-3-4-6-12(11)15/h3-6,9H,7-8H2,1-2H3. The van der Waals surface area contributed by atoms with Crippen LogP contribution in [0.15, 0.2) is 28.8 Å². The molecule has 0 amide bonds. The Labute approximate surface area is 110 Å². The SMILES string of the molecule is CC(C)CC(=O)Cc1nc(-c2ccccc2F)no1. The minimum Gasteiger partial charge on any atom is -0.338 e. The first-order valence-electron chi connectivity index (χ1n) is 6.15. The highest BCUT2D eigenvalue weighted by Crippen LogP contribution is 2.19. The highest BCUT2D eigenvalue weighted by Gasteiger charge is 2.15. The van der Waals surface area contributed by atoms with Crippen LogP contribution in [0.25, 0.3) is 11.4 Å². The zero-order valence-electron chi connectivity index (χ0n) is 10.9. The average molecular weight is 262 g/mol. The van der Waals surface area contributed by atoms with Gasteiger partial charge in [0.05, 0.1) is 12.0 Å². The summed E-state index contributed by atoms with van der Waals surface area (Å²) in [5.41, 5.74) is 0.272. The van der Waals surface area contributed by atoms with E-state index in [1.54, 1.807) is 18.2 Å². The van der Waals surface area contributed by atoms with Gasteiger partial charge < -0.3 is 4.52 Å². The third-order valence-electron chi connectivity index (χ3n) is 2.57. The molecule has 2 aromatic rings. The highest BCUT2D eigenvalue weighted by molar-refractivity contribution is 5.80. The molecule has 100 valence electrons. The summed E-state index contributed by atoms with van der Waals surface area (Å²) in [7, 11) is 0. The molecule has 5 heteroatoms. The van der Waals surface area contributed by atoms with E-state index in [9.17, 15) is 9.18 Å². The van der Waals surface area contributed by atoms with Crippen LogP contribution in [0.3, 0.4) is 0 Å². The maximum atomic E-state index is 13.5. The van der Waals surface area contributed by atoms with Crippen molar-refractivity contribution in [2.24, 2.45) is 5.92 Å². The van der Waals surface area contributed by atoms with Crippen molar-refractivity contribution in [3.63, 3.8) is 0 Å². The lowest BCUT2D eigenvalue weighted by molar-refractivity contribution is -0.119. The number of benzene rings is 1. The number of ketones is 1. The topological polar surface area (TPSA) is 56.0 Å². The van der Waals surface area contributed by atoms with Crippen molar-refractivity contribution in [2.75, 3.05) is 0 Å². The summed E-state index contributed by atoms with van der Waals surface area (Å²) in [5, 5.41) is 3.70. The van der Waals surface area contributed by atoms with Crippen LogP contribution in [-0.2, 0) is 11.2 Å². The Hall–Kier alpha value is -2.04. The number of Topliss-reactive ketones (excluding diaryl/α,β-unsaturated/α-hetero) is 1. The first-order chi connectivity index (χ1) is 9.06. The van der Waals surface area contributed by atoms with Crippen molar-refractivity contribution in [2.45, 2.75) is 26.7 Å². The smallest absolute Gasteiger partial charge is 0.234 e. The number of halogens is 1. The van der Waals surface area contributed by atoms with Gasteiger partial charge in [-0.3, -0.25) is 4.79 Å². The quantitative estimate of drug-likeness (QED) is 0.831. The van der Waals surface area contributed by atoms with Gasteiger partial charge in [0.15, 0.2) is 0 Å². The van der Waals surface area contributed by atoms with Crippen molar-refractivity contribution in [1.29, 1.82) is 0 Å². The fraction of sp³-hybridized carbons (Fsp3) is 0.357. The largest absolute Gasteiger partial charge is 0.338 e. The molecule has 0 bridgehead atoms.